The van der Waals surface area contributed by atoms with Gasteiger partial charge in [0.2, 0.25) is 0 Å². The predicted molar refractivity (Wildman–Crippen MR) is 83.4 cm³/mol. The van der Waals surface area contributed by atoms with Crippen LogP contribution in [0.3, 0.4) is 0 Å². The second-order valence-corrected chi connectivity index (χ2v) is 6.76. The van der Waals surface area contributed by atoms with E-state index in [2.05, 4.69) is 0 Å². The highest BCUT2D eigenvalue weighted by atomic mass is 35.5. The summed E-state index contributed by atoms with van der Waals surface area (Å²) in [5.74, 6) is 0. The highest BCUT2D eigenvalue weighted by molar-refractivity contribution is 6.42. The lowest BCUT2D eigenvalue weighted by Gasteiger charge is -2.30. The molecule has 112 valence electrons. The highest BCUT2D eigenvalue weighted by Gasteiger charge is 2.24. The Balaban J connectivity index is 2.87. The van der Waals surface area contributed by atoms with Crippen LogP contribution in [0.4, 0.5) is 4.79 Å². The van der Waals surface area contributed by atoms with E-state index in [0.717, 1.165) is 5.56 Å². The first-order valence-corrected chi connectivity index (χ1v) is 7.29. The monoisotopic (exact) mass is 317 g/mol. The molecule has 0 aliphatic rings. The van der Waals surface area contributed by atoms with Gasteiger partial charge in [-0.05, 0) is 52.3 Å². The van der Waals surface area contributed by atoms with Gasteiger partial charge in [-0.25, -0.2) is 4.79 Å². The number of rotatable bonds is 3. The van der Waals surface area contributed by atoms with E-state index in [4.69, 9.17) is 27.9 Å². The maximum absolute atomic E-state index is 12.2. The zero-order valence-corrected chi connectivity index (χ0v) is 14.0. The minimum Gasteiger partial charge on any atom is -0.444 e. The summed E-state index contributed by atoms with van der Waals surface area (Å²) in [6.07, 6.45) is -0.335. The number of nitrogens with zero attached hydrogens (tertiary/aromatic N) is 1. The molecule has 0 aliphatic carbocycles. The summed E-state index contributed by atoms with van der Waals surface area (Å²) in [5.41, 5.74) is 0.404. The lowest BCUT2D eigenvalue weighted by molar-refractivity contribution is 0.0172. The third-order valence-electron chi connectivity index (χ3n) is 2.59. The summed E-state index contributed by atoms with van der Waals surface area (Å²) in [7, 11) is 0. The molecule has 5 heteroatoms. The molecule has 0 spiro atoms. The zero-order chi connectivity index (χ0) is 15.5. The van der Waals surface area contributed by atoms with Crippen molar-refractivity contribution in [3.8, 4) is 0 Å². The quantitative estimate of drug-likeness (QED) is 0.772. The van der Waals surface area contributed by atoms with Crippen molar-refractivity contribution in [2.75, 3.05) is 0 Å². The smallest absolute Gasteiger partial charge is 0.410 e. The molecule has 0 bridgehead atoms. The first-order chi connectivity index (χ1) is 9.10. The number of ether oxygens (including phenoxy) is 1. The van der Waals surface area contributed by atoms with Gasteiger partial charge in [-0.2, -0.15) is 0 Å². The molecule has 1 aromatic carbocycles. The van der Waals surface area contributed by atoms with Crippen molar-refractivity contribution in [3.05, 3.63) is 33.8 Å². The third-order valence-corrected chi connectivity index (χ3v) is 3.33. The SMILES string of the molecule is CC(C)N(Cc1ccc(Cl)c(Cl)c1)C(=O)OC(C)(C)C. The van der Waals surface area contributed by atoms with Crippen molar-refractivity contribution in [1.82, 2.24) is 4.90 Å². The fourth-order valence-electron chi connectivity index (χ4n) is 1.61. The molecule has 0 atom stereocenters. The molecule has 0 aliphatic heterocycles. The van der Waals surface area contributed by atoms with Crippen molar-refractivity contribution >= 4 is 29.3 Å². The summed E-state index contributed by atoms with van der Waals surface area (Å²) in [6.45, 7) is 9.88. The Morgan fingerprint density at radius 2 is 1.85 bits per heavy atom. The average Bonchev–Trinajstić information content (AvgIpc) is 2.27. The van der Waals surface area contributed by atoms with Gasteiger partial charge < -0.3 is 9.64 Å². The van der Waals surface area contributed by atoms with Crippen molar-refractivity contribution in [2.24, 2.45) is 0 Å². The topological polar surface area (TPSA) is 29.5 Å². The molecule has 0 radical (unpaired) electrons. The largest absolute Gasteiger partial charge is 0.444 e. The van der Waals surface area contributed by atoms with Crippen LogP contribution in [0, 0.1) is 0 Å². The Hall–Kier alpha value is -0.930. The fourth-order valence-corrected chi connectivity index (χ4v) is 1.93. The van der Waals surface area contributed by atoms with E-state index in [1.807, 2.05) is 40.7 Å². The van der Waals surface area contributed by atoms with Crippen molar-refractivity contribution in [3.63, 3.8) is 0 Å². The first-order valence-electron chi connectivity index (χ1n) is 6.53. The van der Waals surface area contributed by atoms with Gasteiger partial charge in [0.05, 0.1) is 10.0 Å². The van der Waals surface area contributed by atoms with Gasteiger partial charge >= 0.3 is 6.09 Å². The molecule has 1 aromatic rings. The summed E-state index contributed by atoms with van der Waals surface area (Å²) < 4.78 is 5.42. The molecular formula is C15H21Cl2NO2. The molecule has 1 amide bonds. The minimum atomic E-state index is -0.512. The maximum Gasteiger partial charge on any atom is 0.410 e. The molecule has 0 heterocycles. The van der Waals surface area contributed by atoms with E-state index in [1.165, 1.54) is 0 Å². The van der Waals surface area contributed by atoms with Crippen molar-refractivity contribution in [1.29, 1.82) is 0 Å². The van der Waals surface area contributed by atoms with Gasteiger partial charge in [-0.1, -0.05) is 29.3 Å². The van der Waals surface area contributed by atoms with Gasteiger partial charge in [0.25, 0.3) is 0 Å². The highest BCUT2D eigenvalue weighted by Crippen LogP contribution is 2.24. The van der Waals surface area contributed by atoms with Crippen LogP contribution >= 0.6 is 23.2 Å². The lowest BCUT2D eigenvalue weighted by atomic mass is 10.2. The molecule has 20 heavy (non-hydrogen) atoms. The Bertz CT molecular complexity index is 481. The van der Waals surface area contributed by atoms with Crippen molar-refractivity contribution in [2.45, 2.75) is 52.8 Å². The zero-order valence-electron chi connectivity index (χ0n) is 12.5. The number of hydrogen-bond acceptors (Lipinski definition) is 2. The number of benzene rings is 1. The Morgan fingerprint density at radius 3 is 2.30 bits per heavy atom. The molecule has 0 fully saturated rings. The van der Waals surface area contributed by atoms with Crippen LogP contribution in [0.1, 0.15) is 40.2 Å². The fraction of sp³-hybridized carbons (Fsp3) is 0.533. The van der Waals surface area contributed by atoms with Crippen molar-refractivity contribution < 1.29 is 9.53 Å². The van der Waals surface area contributed by atoms with Gasteiger partial charge in [0.1, 0.15) is 5.60 Å². The molecule has 1 rings (SSSR count). The van der Waals surface area contributed by atoms with Crippen LogP contribution in [0.25, 0.3) is 0 Å². The van der Waals surface area contributed by atoms with E-state index >= 15 is 0 Å². The summed E-state index contributed by atoms with van der Waals surface area (Å²) in [5, 5.41) is 0.987. The van der Waals surface area contributed by atoms with E-state index in [9.17, 15) is 4.79 Å². The summed E-state index contributed by atoms with van der Waals surface area (Å²) in [6, 6.07) is 5.38. The number of carbonyl (C=O) groups is 1. The Labute approximate surface area is 130 Å². The minimum absolute atomic E-state index is 0.0271. The molecule has 0 aromatic heterocycles. The lowest BCUT2D eigenvalue weighted by Crippen LogP contribution is -2.40. The number of amides is 1. The second-order valence-electron chi connectivity index (χ2n) is 5.95. The second kappa shape index (κ2) is 6.68. The Morgan fingerprint density at radius 1 is 1.25 bits per heavy atom. The molecular weight excluding hydrogens is 297 g/mol. The Kier molecular flexibility index (Phi) is 5.72. The van der Waals surface area contributed by atoms with Crippen LogP contribution in [-0.2, 0) is 11.3 Å². The summed E-state index contributed by atoms with van der Waals surface area (Å²) >= 11 is 11.9. The van der Waals surface area contributed by atoms with Crippen LogP contribution in [0.5, 0.6) is 0 Å². The van der Waals surface area contributed by atoms with Gasteiger partial charge in [-0.15, -0.1) is 0 Å². The standard InChI is InChI=1S/C15H21Cl2NO2/c1-10(2)18(14(19)20-15(3,4)5)9-11-6-7-12(16)13(17)8-11/h6-8,10H,9H2,1-5H3. The molecule has 0 N–H and O–H groups in total. The van der Waals surface area contributed by atoms with E-state index in [-0.39, 0.29) is 12.1 Å². The average molecular weight is 318 g/mol. The van der Waals surface area contributed by atoms with Gasteiger partial charge in [0.15, 0.2) is 0 Å². The van der Waals surface area contributed by atoms with Crippen LogP contribution in [-0.4, -0.2) is 22.6 Å². The normalized spacial score (nSPS) is 11.6. The molecule has 0 unspecified atom stereocenters. The first kappa shape index (κ1) is 17.1. The molecule has 3 nitrogen and oxygen atoms in total. The third kappa shape index (κ3) is 5.22. The molecule has 0 saturated heterocycles. The van der Waals surface area contributed by atoms with Gasteiger partial charge in [-0.3, -0.25) is 0 Å². The van der Waals surface area contributed by atoms with E-state index in [0.29, 0.717) is 16.6 Å². The van der Waals surface area contributed by atoms with E-state index < -0.39 is 5.60 Å². The maximum atomic E-state index is 12.2. The van der Waals surface area contributed by atoms with Crippen LogP contribution in [0.15, 0.2) is 18.2 Å². The van der Waals surface area contributed by atoms with Crippen LogP contribution < -0.4 is 0 Å². The number of halogens is 2. The van der Waals surface area contributed by atoms with E-state index in [1.54, 1.807) is 17.0 Å². The van der Waals surface area contributed by atoms with Gasteiger partial charge in [0, 0.05) is 12.6 Å². The predicted octanol–water partition coefficient (Wildman–Crippen LogP) is 5.14. The van der Waals surface area contributed by atoms with Crippen LogP contribution in [0.2, 0.25) is 10.0 Å². The molecule has 0 saturated carbocycles. The number of carbonyl (C=O) groups excluding carboxylic acids is 1. The summed E-state index contributed by atoms with van der Waals surface area (Å²) in [4.78, 5) is 13.9. The number of hydrogen-bond donors (Lipinski definition) is 0.